The lowest BCUT2D eigenvalue weighted by Gasteiger charge is -2.20. The molecule has 1 heterocycles. The zero-order chi connectivity index (χ0) is 19.9. The van der Waals surface area contributed by atoms with E-state index in [0.717, 1.165) is 44.2 Å². The van der Waals surface area contributed by atoms with Crippen molar-refractivity contribution in [3.8, 4) is 0 Å². The number of fused-ring (bicyclic) bond motifs is 3. The highest BCUT2D eigenvalue weighted by atomic mass is 32.2. The molecule has 8 heteroatoms. The van der Waals surface area contributed by atoms with Crippen LogP contribution in [0.25, 0.3) is 11.0 Å². The number of primary sulfonamides is 1. The molecule has 1 aromatic heterocycles. The number of aromatic nitrogens is 2. The number of hydrogen-bond donors (Lipinski definition) is 1. The quantitative estimate of drug-likeness (QED) is 0.713. The number of nitrogens with zero attached hydrogens (tertiary/aromatic N) is 2. The fourth-order valence-electron chi connectivity index (χ4n) is 4.79. The Labute approximate surface area is 165 Å². The number of unbranched alkanes of at least 4 members (excludes halogenated alkanes) is 1. The van der Waals surface area contributed by atoms with Gasteiger partial charge in [0.05, 0.1) is 21.8 Å². The van der Waals surface area contributed by atoms with Crippen molar-refractivity contribution >= 4 is 27.0 Å². The van der Waals surface area contributed by atoms with Crippen LogP contribution in [-0.4, -0.2) is 23.9 Å². The minimum absolute atomic E-state index is 0.0289. The molecule has 3 atom stereocenters. The van der Waals surface area contributed by atoms with Crippen molar-refractivity contribution in [2.75, 3.05) is 0 Å². The van der Waals surface area contributed by atoms with Gasteiger partial charge in [-0.2, -0.15) is 0 Å². The summed E-state index contributed by atoms with van der Waals surface area (Å²) in [5, 5.41) is 5.24. The van der Waals surface area contributed by atoms with Crippen molar-refractivity contribution in [3.05, 3.63) is 24.0 Å². The summed E-state index contributed by atoms with van der Waals surface area (Å²) in [7, 11) is -3.79. The van der Waals surface area contributed by atoms with Gasteiger partial charge in [0.1, 0.15) is 12.4 Å². The minimum Gasteiger partial charge on any atom is -0.457 e. The topological polar surface area (TPSA) is 104 Å². The highest BCUT2D eigenvalue weighted by Gasteiger charge is 2.44. The molecule has 2 fully saturated rings. The smallest absolute Gasteiger partial charge is 0.309 e. The first-order valence-corrected chi connectivity index (χ1v) is 11.6. The van der Waals surface area contributed by atoms with Gasteiger partial charge in [-0.3, -0.25) is 4.79 Å². The Morgan fingerprint density at radius 1 is 1.32 bits per heavy atom. The maximum Gasteiger partial charge on any atom is 0.309 e. The van der Waals surface area contributed by atoms with E-state index in [-0.39, 0.29) is 23.4 Å². The molecule has 2 aromatic rings. The van der Waals surface area contributed by atoms with Crippen molar-refractivity contribution < 1.29 is 17.9 Å². The average Bonchev–Trinajstić information content (AvgIpc) is 3.37. The first-order chi connectivity index (χ1) is 13.4. The first-order valence-electron chi connectivity index (χ1n) is 10.1. The predicted molar refractivity (Wildman–Crippen MR) is 105 cm³/mol. The number of ether oxygens (including phenoxy) is 1. The Morgan fingerprint density at radius 3 is 2.79 bits per heavy atom. The monoisotopic (exact) mass is 405 g/mol. The van der Waals surface area contributed by atoms with Crippen molar-refractivity contribution in [1.29, 1.82) is 0 Å². The number of benzene rings is 1. The summed E-state index contributed by atoms with van der Waals surface area (Å²) in [4.78, 5) is 17.2. The van der Waals surface area contributed by atoms with E-state index in [4.69, 9.17) is 9.88 Å². The molecule has 0 saturated heterocycles. The Hall–Kier alpha value is -1.93. The number of esters is 1. The number of carbonyl (C=O) groups is 1. The second-order valence-electron chi connectivity index (χ2n) is 8.12. The molecule has 7 nitrogen and oxygen atoms in total. The van der Waals surface area contributed by atoms with Crippen LogP contribution in [0, 0.1) is 17.8 Å². The Morgan fingerprint density at radius 2 is 2.14 bits per heavy atom. The molecule has 2 aliphatic rings. The van der Waals surface area contributed by atoms with Gasteiger partial charge in [0.25, 0.3) is 0 Å². The third-order valence-electron chi connectivity index (χ3n) is 6.25. The van der Waals surface area contributed by atoms with Gasteiger partial charge in [0.2, 0.25) is 10.0 Å². The minimum atomic E-state index is -3.79. The van der Waals surface area contributed by atoms with Crippen molar-refractivity contribution in [2.24, 2.45) is 22.9 Å². The molecule has 4 rings (SSSR count). The van der Waals surface area contributed by atoms with E-state index in [1.165, 1.54) is 18.6 Å². The molecule has 2 saturated carbocycles. The first kappa shape index (κ1) is 19.4. The summed E-state index contributed by atoms with van der Waals surface area (Å²) < 4.78 is 30.9. The number of nitrogens with two attached hydrogens (primary N) is 1. The second-order valence-corrected chi connectivity index (χ2v) is 9.68. The standard InChI is InChI=1S/C20H27N3O4S/c1-2-3-8-23-18-7-6-15(28(21,25)26)11-17(18)22-19(23)12-27-20(24)16-10-13-4-5-14(16)9-13/h6-7,11,13-14,16H,2-5,8-10,12H2,1H3,(H2,21,25,26)/t13-,14-,16-/m0/s1. The highest BCUT2D eigenvalue weighted by Crippen LogP contribution is 2.48. The van der Waals surface area contributed by atoms with Crippen LogP contribution in [0.1, 0.15) is 51.3 Å². The average molecular weight is 406 g/mol. The number of sulfonamides is 1. The van der Waals surface area contributed by atoms with Gasteiger partial charge in [-0.1, -0.05) is 19.8 Å². The Balaban J connectivity index is 1.56. The van der Waals surface area contributed by atoms with Crippen molar-refractivity contribution in [3.63, 3.8) is 0 Å². The van der Waals surface area contributed by atoms with Crippen LogP contribution in [0.4, 0.5) is 0 Å². The third-order valence-corrected chi connectivity index (χ3v) is 7.16. The van der Waals surface area contributed by atoms with Gasteiger partial charge in [-0.15, -0.1) is 0 Å². The van der Waals surface area contributed by atoms with Crippen LogP contribution in [0.5, 0.6) is 0 Å². The van der Waals surface area contributed by atoms with Gasteiger partial charge in [-0.25, -0.2) is 18.5 Å². The molecule has 0 aliphatic heterocycles. The van der Waals surface area contributed by atoms with Gasteiger partial charge in [0.15, 0.2) is 0 Å². The zero-order valence-electron chi connectivity index (χ0n) is 16.1. The highest BCUT2D eigenvalue weighted by molar-refractivity contribution is 7.89. The Bertz CT molecular complexity index is 998. The molecule has 0 spiro atoms. The van der Waals surface area contributed by atoms with Crippen LogP contribution >= 0.6 is 0 Å². The van der Waals surface area contributed by atoms with E-state index in [1.807, 2.05) is 4.57 Å². The lowest BCUT2D eigenvalue weighted by Crippen LogP contribution is -2.23. The summed E-state index contributed by atoms with van der Waals surface area (Å²) in [6, 6.07) is 4.69. The van der Waals surface area contributed by atoms with Gasteiger partial charge >= 0.3 is 5.97 Å². The van der Waals surface area contributed by atoms with E-state index < -0.39 is 10.0 Å². The molecule has 1 aromatic carbocycles. The van der Waals surface area contributed by atoms with Crippen LogP contribution in [0.3, 0.4) is 0 Å². The zero-order valence-corrected chi connectivity index (χ0v) is 17.0. The van der Waals surface area contributed by atoms with Crippen LogP contribution < -0.4 is 5.14 Å². The summed E-state index contributed by atoms with van der Waals surface area (Å²) >= 11 is 0. The van der Waals surface area contributed by atoms with Crippen molar-refractivity contribution in [2.45, 2.75) is 63.5 Å². The van der Waals surface area contributed by atoms with Gasteiger partial charge in [0, 0.05) is 6.54 Å². The fraction of sp³-hybridized carbons (Fsp3) is 0.600. The molecule has 152 valence electrons. The summed E-state index contributed by atoms with van der Waals surface area (Å²) in [6.07, 6.45) is 6.46. The van der Waals surface area contributed by atoms with E-state index >= 15 is 0 Å². The second kappa shape index (κ2) is 7.48. The predicted octanol–water partition coefficient (Wildman–Crippen LogP) is 2.96. The van der Waals surface area contributed by atoms with Crippen LogP contribution in [-0.2, 0) is 32.7 Å². The molecule has 0 unspecified atom stereocenters. The molecule has 0 amide bonds. The van der Waals surface area contributed by atoms with E-state index in [1.54, 1.807) is 6.07 Å². The molecule has 2 N–H and O–H groups in total. The largest absolute Gasteiger partial charge is 0.457 e. The fourth-order valence-corrected chi connectivity index (χ4v) is 5.32. The molecule has 2 aliphatic carbocycles. The number of hydrogen-bond acceptors (Lipinski definition) is 5. The Kier molecular flexibility index (Phi) is 5.18. The molecule has 0 radical (unpaired) electrons. The van der Waals surface area contributed by atoms with E-state index in [2.05, 4.69) is 11.9 Å². The van der Waals surface area contributed by atoms with Crippen LogP contribution in [0.2, 0.25) is 0 Å². The molecule has 2 bridgehead atoms. The lowest BCUT2D eigenvalue weighted by atomic mass is 9.89. The summed E-state index contributed by atoms with van der Waals surface area (Å²) in [5.41, 5.74) is 1.38. The number of carbonyl (C=O) groups excluding carboxylic acids is 1. The van der Waals surface area contributed by atoms with E-state index in [9.17, 15) is 13.2 Å². The van der Waals surface area contributed by atoms with Crippen LogP contribution in [0.15, 0.2) is 23.1 Å². The van der Waals surface area contributed by atoms with Crippen molar-refractivity contribution in [1.82, 2.24) is 9.55 Å². The number of aryl methyl sites for hydroxylation is 1. The summed E-state index contributed by atoms with van der Waals surface area (Å²) in [5.74, 6) is 1.72. The summed E-state index contributed by atoms with van der Waals surface area (Å²) in [6.45, 7) is 2.95. The van der Waals surface area contributed by atoms with Gasteiger partial charge < -0.3 is 9.30 Å². The molecular weight excluding hydrogens is 378 g/mol. The maximum atomic E-state index is 12.6. The van der Waals surface area contributed by atoms with Gasteiger partial charge in [-0.05, 0) is 55.7 Å². The third kappa shape index (κ3) is 3.67. The molecular formula is C20H27N3O4S. The normalized spacial score (nSPS) is 24.1. The molecule has 28 heavy (non-hydrogen) atoms. The maximum absolute atomic E-state index is 12.6. The number of imidazole rings is 1. The lowest BCUT2D eigenvalue weighted by molar-refractivity contribution is -0.152. The SMILES string of the molecule is CCCCn1c(COC(=O)[C@H]2C[C@H]3CC[C@H]2C3)nc2cc(S(N)(=O)=O)ccc21. The number of rotatable bonds is 7. The van der Waals surface area contributed by atoms with E-state index in [0.29, 0.717) is 23.2 Å².